The smallest absolute Gasteiger partial charge is 0.126 e. The minimum Gasteiger partial charge on any atom is -0.496 e. The number of halogens is 1. The lowest BCUT2D eigenvalue weighted by Crippen LogP contribution is -2.18. The van der Waals surface area contributed by atoms with E-state index in [1.807, 2.05) is 37.2 Å². The Balaban J connectivity index is 3.21. The topological polar surface area (TPSA) is 36.3 Å². The molecule has 1 rings (SSSR count). The zero-order valence-corrected chi connectivity index (χ0v) is 10.6. The fraction of sp³-hybridized carbons (Fsp3) is 0.364. The van der Waals surface area contributed by atoms with Crippen LogP contribution < -0.4 is 4.74 Å². The van der Waals surface area contributed by atoms with Gasteiger partial charge in [0.05, 0.1) is 13.2 Å². The maximum atomic E-state index is 9.10. The molecule has 3 nitrogen and oxygen atoms in total. The van der Waals surface area contributed by atoms with Gasteiger partial charge in [-0.15, -0.1) is 0 Å². The van der Waals surface area contributed by atoms with Crippen molar-refractivity contribution in [2.24, 2.45) is 0 Å². The normalized spacial score (nSPS) is 12.3. The zero-order valence-electron chi connectivity index (χ0n) is 8.99. The van der Waals surface area contributed by atoms with Gasteiger partial charge in [0, 0.05) is 10.0 Å². The molecule has 15 heavy (non-hydrogen) atoms. The Morgan fingerprint density at radius 2 is 2.13 bits per heavy atom. The summed E-state index contributed by atoms with van der Waals surface area (Å²) in [7, 11) is 5.35. The molecular formula is C11H13BrN2O. The molecule has 0 radical (unpaired) electrons. The second-order valence-electron chi connectivity index (χ2n) is 3.38. The third kappa shape index (κ3) is 2.71. The van der Waals surface area contributed by atoms with Gasteiger partial charge in [-0.05, 0) is 32.3 Å². The number of nitrogens with zero attached hydrogens (tertiary/aromatic N) is 2. The molecule has 0 N–H and O–H groups in total. The molecule has 4 heteroatoms. The molecule has 0 aromatic heterocycles. The lowest BCUT2D eigenvalue weighted by Gasteiger charge is -2.19. The number of rotatable bonds is 3. The minimum atomic E-state index is -0.294. The Bertz CT molecular complexity index is 385. The molecule has 0 spiro atoms. The molecule has 1 atom stereocenters. The second kappa shape index (κ2) is 5.15. The molecule has 0 aliphatic carbocycles. The van der Waals surface area contributed by atoms with Crippen molar-refractivity contribution in [1.29, 1.82) is 5.26 Å². The first kappa shape index (κ1) is 12.0. The molecule has 0 bridgehead atoms. The molecule has 0 aliphatic heterocycles. The first-order chi connectivity index (χ1) is 7.10. The van der Waals surface area contributed by atoms with Gasteiger partial charge >= 0.3 is 0 Å². The summed E-state index contributed by atoms with van der Waals surface area (Å²) >= 11 is 3.39. The molecule has 0 heterocycles. The van der Waals surface area contributed by atoms with Gasteiger partial charge in [-0.1, -0.05) is 15.9 Å². The van der Waals surface area contributed by atoms with Crippen LogP contribution in [0.3, 0.4) is 0 Å². The summed E-state index contributed by atoms with van der Waals surface area (Å²) in [5.74, 6) is 0.735. The minimum absolute atomic E-state index is 0.294. The van der Waals surface area contributed by atoms with E-state index in [-0.39, 0.29) is 6.04 Å². The molecule has 1 aromatic rings. The van der Waals surface area contributed by atoms with Gasteiger partial charge < -0.3 is 4.74 Å². The highest BCUT2D eigenvalue weighted by Gasteiger charge is 2.17. The standard InChI is InChI=1S/C11H13BrN2O/c1-14(2)10(7-13)9-6-8(12)4-5-11(9)15-3/h4-6,10H,1-3H3. The molecule has 80 valence electrons. The molecule has 1 unspecified atom stereocenters. The van der Waals surface area contributed by atoms with Crippen LogP contribution in [0.1, 0.15) is 11.6 Å². The highest BCUT2D eigenvalue weighted by molar-refractivity contribution is 9.10. The van der Waals surface area contributed by atoms with Crippen LogP contribution >= 0.6 is 15.9 Å². The summed E-state index contributed by atoms with van der Waals surface area (Å²) in [6.45, 7) is 0. The lowest BCUT2D eigenvalue weighted by atomic mass is 10.1. The van der Waals surface area contributed by atoms with E-state index in [9.17, 15) is 0 Å². The molecule has 0 amide bonds. The molecule has 0 saturated heterocycles. The fourth-order valence-electron chi connectivity index (χ4n) is 1.38. The lowest BCUT2D eigenvalue weighted by molar-refractivity contribution is 0.340. The Morgan fingerprint density at radius 1 is 1.47 bits per heavy atom. The van der Waals surface area contributed by atoms with Crippen LogP contribution in [0.4, 0.5) is 0 Å². The van der Waals surface area contributed by atoms with Gasteiger partial charge in [0.15, 0.2) is 0 Å². The van der Waals surface area contributed by atoms with Gasteiger partial charge in [-0.25, -0.2) is 0 Å². The van der Waals surface area contributed by atoms with Crippen LogP contribution in [0, 0.1) is 11.3 Å². The van der Waals surface area contributed by atoms with Crippen molar-refractivity contribution in [2.75, 3.05) is 21.2 Å². The average Bonchev–Trinajstić information content (AvgIpc) is 2.18. The van der Waals surface area contributed by atoms with Crippen LogP contribution in [0.2, 0.25) is 0 Å². The van der Waals surface area contributed by atoms with E-state index in [1.165, 1.54) is 0 Å². The van der Waals surface area contributed by atoms with E-state index in [0.717, 1.165) is 15.8 Å². The SMILES string of the molecule is COc1ccc(Br)cc1C(C#N)N(C)C. The van der Waals surface area contributed by atoms with Gasteiger partial charge in [-0.2, -0.15) is 5.26 Å². The van der Waals surface area contributed by atoms with Crippen molar-refractivity contribution in [3.05, 3.63) is 28.2 Å². The van der Waals surface area contributed by atoms with Gasteiger partial charge in [0.25, 0.3) is 0 Å². The van der Waals surface area contributed by atoms with E-state index in [4.69, 9.17) is 10.00 Å². The molecular weight excluding hydrogens is 256 g/mol. The number of benzene rings is 1. The zero-order chi connectivity index (χ0) is 11.4. The Hall–Kier alpha value is -1.05. The van der Waals surface area contributed by atoms with Gasteiger partial charge in [0.2, 0.25) is 0 Å². The molecule has 0 saturated carbocycles. The van der Waals surface area contributed by atoms with Crippen molar-refractivity contribution < 1.29 is 4.74 Å². The number of methoxy groups -OCH3 is 1. The van der Waals surface area contributed by atoms with E-state index < -0.39 is 0 Å². The number of hydrogen-bond donors (Lipinski definition) is 0. The van der Waals surface area contributed by atoms with Gasteiger partial charge in [-0.3, -0.25) is 4.90 Å². The maximum Gasteiger partial charge on any atom is 0.126 e. The number of ether oxygens (including phenoxy) is 1. The third-order valence-electron chi connectivity index (χ3n) is 2.13. The summed E-state index contributed by atoms with van der Waals surface area (Å²) in [5, 5.41) is 9.10. The maximum absolute atomic E-state index is 9.10. The van der Waals surface area contributed by atoms with Crippen LogP contribution in [0.15, 0.2) is 22.7 Å². The summed E-state index contributed by atoms with van der Waals surface area (Å²) in [6, 6.07) is 7.61. The van der Waals surface area contributed by atoms with Crippen LogP contribution in [0.5, 0.6) is 5.75 Å². The Kier molecular flexibility index (Phi) is 4.13. The molecule has 1 aromatic carbocycles. The second-order valence-corrected chi connectivity index (χ2v) is 4.30. The van der Waals surface area contributed by atoms with Crippen molar-refractivity contribution in [3.8, 4) is 11.8 Å². The van der Waals surface area contributed by atoms with Crippen molar-refractivity contribution in [3.63, 3.8) is 0 Å². The molecule has 0 fully saturated rings. The Morgan fingerprint density at radius 3 is 2.60 bits per heavy atom. The Labute approximate surface area is 98.4 Å². The highest BCUT2D eigenvalue weighted by Crippen LogP contribution is 2.30. The van der Waals surface area contributed by atoms with E-state index >= 15 is 0 Å². The average molecular weight is 269 g/mol. The van der Waals surface area contributed by atoms with Crippen molar-refractivity contribution in [1.82, 2.24) is 4.90 Å². The predicted molar refractivity (Wildman–Crippen MR) is 62.7 cm³/mol. The first-order valence-electron chi connectivity index (χ1n) is 4.49. The van der Waals surface area contributed by atoms with E-state index in [0.29, 0.717) is 0 Å². The van der Waals surface area contributed by atoms with Gasteiger partial charge in [0.1, 0.15) is 11.8 Å². The van der Waals surface area contributed by atoms with Crippen LogP contribution in [0.25, 0.3) is 0 Å². The number of hydrogen-bond acceptors (Lipinski definition) is 3. The largest absolute Gasteiger partial charge is 0.496 e. The fourth-order valence-corrected chi connectivity index (χ4v) is 1.76. The third-order valence-corrected chi connectivity index (χ3v) is 2.62. The van der Waals surface area contributed by atoms with E-state index in [2.05, 4.69) is 22.0 Å². The number of nitriles is 1. The summed E-state index contributed by atoms with van der Waals surface area (Å²) in [5.41, 5.74) is 0.874. The van der Waals surface area contributed by atoms with Crippen molar-refractivity contribution in [2.45, 2.75) is 6.04 Å². The monoisotopic (exact) mass is 268 g/mol. The predicted octanol–water partition coefficient (Wildman–Crippen LogP) is 2.58. The van der Waals surface area contributed by atoms with Crippen LogP contribution in [-0.2, 0) is 0 Å². The first-order valence-corrected chi connectivity index (χ1v) is 5.29. The highest BCUT2D eigenvalue weighted by atomic mass is 79.9. The summed E-state index contributed by atoms with van der Waals surface area (Å²) < 4.78 is 6.18. The van der Waals surface area contributed by atoms with Crippen LogP contribution in [-0.4, -0.2) is 26.1 Å². The summed E-state index contributed by atoms with van der Waals surface area (Å²) in [4.78, 5) is 1.85. The summed E-state index contributed by atoms with van der Waals surface area (Å²) in [6.07, 6.45) is 0. The van der Waals surface area contributed by atoms with Crippen molar-refractivity contribution >= 4 is 15.9 Å². The molecule has 0 aliphatic rings. The van der Waals surface area contributed by atoms with E-state index in [1.54, 1.807) is 7.11 Å². The quantitative estimate of drug-likeness (QED) is 0.846.